The first-order chi connectivity index (χ1) is 9.21. The number of hydrogen-bond acceptors (Lipinski definition) is 3. The van der Waals surface area contributed by atoms with Crippen LogP contribution in [0.2, 0.25) is 0 Å². The van der Waals surface area contributed by atoms with Gasteiger partial charge in [0.2, 0.25) is 5.91 Å². The Morgan fingerprint density at radius 3 is 2.25 bits per heavy atom. The van der Waals surface area contributed by atoms with Crippen molar-refractivity contribution in [3.8, 4) is 0 Å². The quantitative estimate of drug-likeness (QED) is 0.764. The zero-order valence-corrected chi connectivity index (χ0v) is 12.1. The minimum Gasteiger partial charge on any atom is -0.479 e. The van der Waals surface area contributed by atoms with Gasteiger partial charge in [0.1, 0.15) is 0 Å². The Hall–Kier alpha value is -1.88. The fourth-order valence-corrected chi connectivity index (χ4v) is 1.66. The average molecular weight is 278 g/mol. The lowest BCUT2D eigenvalue weighted by Crippen LogP contribution is -2.42. The fraction of sp³-hybridized carbons (Fsp3) is 0.467. The molecule has 1 aromatic rings. The number of hydrogen-bond donors (Lipinski definition) is 3. The first-order valence-electron chi connectivity index (χ1n) is 6.54. The fourth-order valence-electron chi connectivity index (χ4n) is 1.66. The van der Waals surface area contributed by atoms with Crippen LogP contribution in [0.15, 0.2) is 30.3 Å². The van der Waals surface area contributed by atoms with Crippen LogP contribution in [0, 0.1) is 5.41 Å². The van der Waals surface area contributed by atoms with E-state index in [0.717, 1.165) is 0 Å². The highest BCUT2D eigenvalue weighted by molar-refractivity contribution is 5.84. The molecule has 20 heavy (non-hydrogen) atoms. The largest absolute Gasteiger partial charge is 0.479 e. The standard InChI is InChI=1S/C15H22N2O3/c1-15(2,3)11(16)9-12(18)17-13(14(19)20)10-7-5-4-6-8-10/h4-8,11,13H,9,16H2,1-3H3,(H,17,18)(H,19,20). The molecule has 0 radical (unpaired) electrons. The summed E-state index contributed by atoms with van der Waals surface area (Å²) in [6, 6.07) is 7.23. The summed E-state index contributed by atoms with van der Waals surface area (Å²) in [4.78, 5) is 23.2. The number of amides is 1. The molecule has 0 bridgehead atoms. The molecule has 2 unspecified atom stereocenters. The maximum atomic E-state index is 11.9. The van der Waals surface area contributed by atoms with Crippen LogP contribution in [-0.2, 0) is 9.59 Å². The summed E-state index contributed by atoms with van der Waals surface area (Å²) in [7, 11) is 0. The maximum Gasteiger partial charge on any atom is 0.330 e. The van der Waals surface area contributed by atoms with Crippen LogP contribution in [0.25, 0.3) is 0 Å². The molecule has 1 rings (SSSR count). The molecule has 0 saturated heterocycles. The van der Waals surface area contributed by atoms with Crippen molar-refractivity contribution in [2.75, 3.05) is 0 Å². The summed E-state index contributed by atoms with van der Waals surface area (Å²) < 4.78 is 0. The lowest BCUT2D eigenvalue weighted by atomic mass is 9.85. The molecule has 0 saturated carbocycles. The molecule has 0 aliphatic heterocycles. The van der Waals surface area contributed by atoms with Crippen molar-refractivity contribution in [2.24, 2.45) is 11.1 Å². The van der Waals surface area contributed by atoms with Gasteiger partial charge >= 0.3 is 5.97 Å². The smallest absolute Gasteiger partial charge is 0.330 e. The van der Waals surface area contributed by atoms with E-state index in [1.54, 1.807) is 30.3 Å². The Labute approximate surface area is 119 Å². The van der Waals surface area contributed by atoms with Gasteiger partial charge in [-0.3, -0.25) is 4.79 Å². The molecule has 0 aliphatic rings. The molecule has 0 spiro atoms. The first kappa shape index (κ1) is 16.2. The van der Waals surface area contributed by atoms with Crippen LogP contribution in [0.5, 0.6) is 0 Å². The number of carboxylic acid groups (broad SMARTS) is 1. The molecular weight excluding hydrogens is 256 g/mol. The van der Waals surface area contributed by atoms with Gasteiger partial charge < -0.3 is 16.2 Å². The summed E-state index contributed by atoms with van der Waals surface area (Å²) in [5.41, 5.74) is 6.27. The number of nitrogens with one attached hydrogen (secondary N) is 1. The van der Waals surface area contributed by atoms with Crippen molar-refractivity contribution >= 4 is 11.9 Å². The Morgan fingerprint density at radius 1 is 1.25 bits per heavy atom. The summed E-state index contributed by atoms with van der Waals surface area (Å²) in [5, 5.41) is 11.7. The van der Waals surface area contributed by atoms with Crippen LogP contribution < -0.4 is 11.1 Å². The van der Waals surface area contributed by atoms with Crippen molar-refractivity contribution < 1.29 is 14.7 Å². The Bertz CT molecular complexity index is 466. The van der Waals surface area contributed by atoms with E-state index in [4.69, 9.17) is 5.73 Å². The summed E-state index contributed by atoms with van der Waals surface area (Å²) >= 11 is 0. The van der Waals surface area contributed by atoms with Crippen LogP contribution in [0.1, 0.15) is 38.8 Å². The molecule has 0 aromatic heterocycles. The van der Waals surface area contributed by atoms with Gasteiger partial charge in [0.15, 0.2) is 6.04 Å². The van der Waals surface area contributed by atoms with Gasteiger partial charge in [-0.05, 0) is 11.0 Å². The van der Waals surface area contributed by atoms with Crippen molar-refractivity contribution in [1.29, 1.82) is 0 Å². The average Bonchev–Trinajstić information content (AvgIpc) is 2.35. The van der Waals surface area contributed by atoms with E-state index < -0.39 is 12.0 Å². The Kier molecular flexibility index (Phi) is 5.27. The number of benzene rings is 1. The van der Waals surface area contributed by atoms with Gasteiger partial charge in [-0.25, -0.2) is 4.79 Å². The van der Waals surface area contributed by atoms with Gasteiger partial charge in [-0.15, -0.1) is 0 Å². The highest BCUT2D eigenvalue weighted by atomic mass is 16.4. The topological polar surface area (TPSA) is 92.4 Å². The lowest BCUT2D eigenvalue weighted by Gasteiger charge is -2.27. The zero-order chi connectivity index (χ0) is 15.3. The molecular formula is C15H22N2O3. The van der Waals surface area contributed by atoms with E-state index in [2.05, 4.69) is 5.32 Å². The van der Waals surface area contributed by atoms with Gasteiger partial charge in [0.25, 0.3) is 0 Å². The molecule has 110 valence electrons. The number of carboxylic acids is 1. The molecule has 2 atom stereocenters. The second-order valence-electron chi connectivity index (χ2n) is 5.93. The van der Waals surface area contributed by atoms with Crippen LogP contribution in [0.3, 0.4) is 0 Å². The summed E-state index contributed by atoms with van der Waals surface area (Å²) in [6.07, 6.45) is 0.0973. The zero-order valence-electron chi connectivity index (χ0n) is 12.1. The second-order valence-corrected chi connectivity index (χ2v) is 5.93. The number of carbonyl (C=O) groups is 2. The van der Waals surface area contributed by atoms with Gasteiger partial charge in [-0.2, -0.15) is 0 Å². The monoisotopic (exact) mass is 278 g/mol. The Balaban J connectivity index is 2.73. The molecule has 5 nitrogen and oxygen atoms in total. The highest BCUT2D eigenvalue weighted by Crippen LogP contribution is 2.20. The van der Waals surface area contributed by atoms with Gasteiger partial charge in [0, 0.05) is 12.5 Å². The van der Waals surface area contributed by atoms with Crippen molar-refractivity contribution in [3.63, 3.8) is 0 Å². The highest BCUT2D eigenvalue weighted by Gasteiger charge is 2.26. The number of rotatable bonds is 5. The van der Waals surface area contributed by atoms with E-state index >= 15 is 0 Å². The molecule has 0 aliphatic carbocycles. The van der Waals surface area contributed by atoms with E-state index in [-0.39, 0.29) is 23.8 Å². The van der Waals surface area contributed by atoms with E-state index in [1.807, 2.05) is 20.8 Å². The number of aliphatic carboxylic acids is 1. The third kappa shape index (κ3) is 4.66. The predicted octanol–water partition coefficient (Wildman–Crippen LogP) is 1.69. The number of nitrogens with two attached hydrogens (primary N) is 1. The van der Waals surface area contributed by atoms with Crippen LogP contribution in [-0.4, -0.2) is 23.0 Å². The molecule has 4 N–H and O–H groups in total. The van der Waals surface area contributed by atoms with E-state index in [9.17, 15) is 14.7 Å². The van der Waals surface area contributed by atoms with Gasteiger partial charge in [0.05, 0.1) is 0 Å². The third-order valence-electron chi connectivity index (χ3n) is 3.20. The lowest BCUT2D eigenvalue weighted by molar-refractivity contribution is -0.142. The second kappa shape index (κ2) is 6.52. The van der Waals surface area contributed by atoms with Crippen molar-refractivity contribution in [2.45, 2.75) is 39.3 Å². The molecule has 1 aromatic carbocycles. The van der Waals surface area contributed by atoms with Crippen molar-refractivity contribution in [1.82, 2.24) is 5.32 Å². The summed E-state index contributed by atoms with van der Waals surface area (Å²) in [5.74, 6) is -1.45. The maximum absolute atomic E-state index is 11.9. The molecule has 1 amide bonds. The third-order valence-corrected chi connectivity index (χ3v) is 3.20. The predicted molar refractivity (Wildman–Crippen MR) is 77.0 cm³/mol. The molecule has 0 heterocycles. The SMILES string of the molecule is CC(C)(C)C(N)CC(=O)NC(C(=O)O)c1ccccc1. The minimum atomic E-state index is -1.09. The van der Waals surface area contributed by atoms with E-state index in [1.165, 1.54) is 0 Å². The molecule has 0 fully saturated rings. The normalized spacial score (nSPS) is 14.4. The summed E-state index contributed by atoms with van der Waals surface area (Å²) in [6.45, 7) is 5.82. The first-order valence-corrected chi connectivity index (χ1v) is 6.54. The van der Waals surface area contributed by atoms with Crippen molar-refractivity contribution in [3.05, 3.63) is 35.9 Å². The molecule has 5 heteroatoms. The van der Waals surface area contributed by atoms with E-state index in [0.29, 0.717) is 5.56 Å². The number of carbonyl (C=O) groups excluding carboxylic acids is 1. The minimum absolute atomic E-state index is 0.0973. The van der Waals surface area contributed by atoms with Gasteiger partial charge in [-0.1, -0.05) is 51.1 Å². The Morgan fingerprint density at radius 2 is 1.80 bits per heavy atom. The van der Waals surface area contributed by atoms with Crippen LogP contribution in [0.4, 0.5) is 0 Å². The van der Waals surface area contributed by atoms with Crippen LogP contribution >= 0.6 is 0 Å².